The van der Waals surface area contributed by atoms with E-state index >= 15 is 0 Å². The Morgan fingerprint density at radius 2 is 2.04 bits per heavy atom. The van der Waals surface area contributed by atoms with Crippen molar-refractivity contribution in [3.8, 4) is 0 Å². The molecule has 0 radical (unpaired) electrons. The third-order valence-electron chi connectivity index (χ3n) is 4.39. The quantitative estimate of drug-likeness (QED) is 0.829. The van der Waals surface area contributed by atoms with Crippen molar-refractivity contribution >= 4 is 17.5 Å². The summed E-state index contributed by atoms with van der Waals surface area (Å²) in [5.41, 5.74) is -0.789. The van der Waals surface area contributed by atoms with Gasteiger partial charge in [0.2, 0.25) is 5.89 Å². The first-order valence-electron chi connectivity index (χ1n) is 8.02. The molecule has 8 heteroatoms. The van der Waals surface area contributed by atoms with Gasteiger partial charge in [-0.05, 0) is 18.9 Å². The Balaban J connectivity index is 1.92. The summed E-state index contributed by atoms with van der Waals surface area (Å²) in [6, 6.07) is 1.36. The number of rotatable bonds is 3. The van der Waals surface area contributed by atoms with Crippen molar-refractivity contribution in [2.75, 3.05) is 0 Å². The molecule has 0 aliphatic heterocycles. The lowest BCUT2D eigenvalue weighted by molar-refractivity contribution is 0.0876. The van der Waals surface area contributed by atoms with Crippen LogP contribution in [-0.4, -0.2) is 21.0 Å². The fourth-order valence-corrected chi connectivity index (χ4v) is 3.28. The average molecular weight is 351 g/mol. The Morgan fingerprint density at radius 1 is 1.33 bits per heavy atom. The van der Waals surface area contributed by atoms with Gasteiger partial charge in [0.15, 0.2) is 5.82 Å². The number of aromatic nitrogens is 3. The molecule has 0 spiro atoms. The van der Waals surface area contributed by atoms with Crippen molar-refractivity contribution < 1.29 is 9.32 Å². The number of nitrogens with zero attached hydrogens (tertiary/aromatic N) is 2. The van der Waals surface area contributed by atoms with Crippen molar-refractivity contribution in [2.24, 2.45) is 0 Å². The molecular formula is C16H19ClN4O3. The highest BCUT2D eigenvalue weighted by atomic mass is 35.5. The summed E-state index contributed by atoms with van der Waals surface area (Å²) in [6.07, 6.45) is 7.01. The number of amides is 1. The van der Waals surface area contributed by atoms with E-state index in [1.807, 2.05) is 0 Å². The minimum Gasteiger partial charge on any atom is -0.340 e. The molecule has 1 aliphatic rings. The Kier molecular flexibility index (Phi) is 4.71. The highest BCUT2D eigenvalue weighted by molar-refractivity contribution is 6.30. The average Bonchev–Trinajstić information content (AvgIpc) is 2.86. The molecule has 0 unspecified atom stereocenters. The largest absolute Gasteiger partial charge is 0.340 e. The van der Waals surface area contributed by atoms with Crippen LogP contribution in [0, 0.1) is 6.92 Å². The van der Waals surface area contributed by atoms with Crippen LogP contribution in [0.25, 0.3) is 0 Å². The molecule has 1 fully saturated rings. The minimum atomic E-state index is -0.659. The van der Waals surface area contributed by atoms with Crippen LogP contribution in [-0.2, 0) is 5.54 Å². The number of aromatic amines is 1. The molecule has 7 nitrogen and oxygen atoms in total. The molecule has 24 heavy (non-hydrogen) atoms. The van der Waals surface area contributed by atoms with Crippen LogP contribution in [0.15, 0.2) is 21.6 Å². The second kappa shape index (κ2) is 6.76. The summed E-state index contributed by atoms with van der Waals surface area (Å²) in [7, 11) is 0. The molecule has 1 aliphatic carbocycles. The lowest BCUT2D eigenvalue weighted by atomic mass is 9.88. The fraction of sp³-hybridized carbons (Fsp3) is 0.500. The van der Waals surface area contributed by atoms with E-state index in [1.54, 1.807) is 6.92 Å². The molecule has 0 bridgehead atoms. The van der Waals surface area contributed by atoms with Crippen LogP contribution in [0.5, 0.6) is 0 Å². The fourth-order valence-electron chi connectivity index (χ4n) is 3.11. The zero-order valence-electron chi connectivity index (χ0n) is 13.4. The van der Waals surface area contributed by atoms with Crippen LogP contribution in [0.4, 0.5) is 0 Å². The summed E-state index contributed by atoms with van der Waals surface area (Å²) >= 11 is 5.82. The smallest absolute Gasteiger partial charge is 0.266 e. The standard InChI is InChI=1S/C16H19ClN4O3/c1-10-19-15(21-24-10)16(6-4-2-3-5-7-16)20-13(22)11-8-12(17)14(23)18-9-11/h8-9H,2-7H2,1H3,(H,18,23)(H,20,22). The van der Waals surface area contributed by atoms with Gasteiger partial charge in [-0.25, -0.2) is 0 Å². The third-order valence-corrected chi connectivity index (χ3v) is 4.67. The first-order chi connectivity index (χ1) is 11.5. The molecule has 0 aromatic carbocycles. The van der Waals surface area contributed by atoms with Crippen LogP contribution in [0.2, 0.25) is 5.02 Å². The van der Waals surface area contributed by atoms with Gasteiger partial charge in [0, 0.05) is 13.1 Å². The number of pyridine rings is 1. The number of carbonyl (C=O) groups is 1. The van der Waals surface area contributed by atoms with E-state index in [-0.39, 0.29) is 10.9 Å². The van der Waals surface area contributed by atoms with Crippen LogP contribution < -0.4 is 10.9 Å². The molecule has 2 heterocycles. The molecule has 2 aromatic heterocycles. The molecule has 0 saturated heterocycles. The van der Waals surface area contributed by atoms with E-state index in [1.165, 1.54) is 12.3 Å². The molecule has 0 atom stereocenters. The van der Waals surface area contributed by atoms with E-state index in [9.17, 15) is 9.59 Å². The Labute approximate surface area is 143 Å². The predicted molar refractivity (Wildman–Crippen MR) is 88.0 cm³/mol. The van der Waals surface area contributed by atoms with E-state index < -0.39 is 11.1 Å². The zero-order valence-corrected chi connectivity index (χ0v) is 14.2. The van der Waals surface area contributed by atoms with E-state index in [0.717, 1.165) is 38.5 Å². The van der Waals surface area contributed by atoms with E-state index in [0.29, 0.717) is 17.3 Å². The summed E-state index contributed by atoms with van der Waals surface area (Å²) in [5, 5.41) is 7.09. The predicted octanol–water partition coefficient (Wildman–Crippen LogP) is 2.70. The molecule has 1 amide bonds. The highest BCUT2D eigenvalue weighted by Crippen LogP contribution is 2.34. The lowest BCUT2D eigenvalue weighted by Gasteiger charge is -2.30. The van der Waals surface area contributed by atoms with Gasteiger partial charge in [0.05, 0.1) is 5.56 Å². The van der Waals surface area contributed by atoms with E-state index in [2.05, 4.69) is 20.4 Å². The number of nitrogens with one attached hydrogen (secondary N) is 2. The molecule has 2 N–H and O–H groups in total. The molecule has 128 valence electrons. The Hall–Kier alpha value is -2.15. The van der Waals surface area contributed by atoms with Gasteiger partial charge in [-0.1, -0.05) is 42.4 Å². The van der Waals surface area contributed by atoms with Crippen LogP contribution >= 0.6 is 11.6 Å². The number of aryl methyl sites for hydroxylation is 1. The lowest BCUT2D eigenvalue weighted by Crippen LogP contribution is -2.46. The minimum absolute atomic E-state index is 0.0204. The van der Waals surface area contributed by atoms with Gasteiger partial charge < -0.3 is 14.8 Å². The number of hydrogen-bond donors (Lipinski definition) is 2. The summed E-state index contributed by atoms with van der Waals surface area (Å²) in [6.45, 7) is 1.73. The maximum atomic E-state index is 12.7. The van der Waals surface area contributed by atoms with Gasteiger partial charge in [0.1, 0.15) is 10.6 Å². The zero-order chi connectivity index (χ0) is 17.2. The molecular weight excluding hydrogens is 332 g/mol. The maximum absolute atomic E-state index is 12.7. The number of carbonyl (C=O) groups excluding carboxylic acids is 1. The maximum Gasteiger partial charge on any atom is 0.266 e. The van der Waals surface area contributed by atoms with E-state index in [4.69, 9.17) is 16.1 Å². The second-order valence-electron chi connectivity index (χ2n) is 6.15. The second-order valence-corrected chi connectivity index (χ2v) is 6.56. The summed E-state index contributed by atoms with van der Waals surface area (Å²) in [5.74, 6) is 0.651. The van der Waals surface area contributed by atoms with Crippen molar-refractivity contribution in [3.05, 3.63) is 44.9 Å². The topological polar surface area (TPSA) is 101 Å². The molecule has 3 rings (SSSR count). The molecule has 2 aromatic rings. The number of halogens is 1. The van der Waals surface area contributed by atoms with Gasteiger partial charge in [-0.2, -0.15) is 4.98 Å². The number of H-pyrrole nitrogens is 1. The summed E-state index contributed by atoms with van der Waals surface area (Å²) in [4.78, 5) is 30.9. The normalized spacial score (nSPS) is 17.2. The molecule has 1 saturated carbocycles. The van der Waals surface area contributed by atoms with Gasteiger partial charge in [-0.15, -0.1) is 0 Å². The highest BCUT2D eigenvalue weighted by Gasteiger charge is 2.39. The van der Waals surface area contributed by atoms with Crippen molar-refractivity contribution in [3.63, 3.8) is 0 Å². The van der Waals surface area contributed by atoms with Gasteiger partial charge in [0.25, 0.3) is 11.5 Å². The first kappa shape index (κ1) is 16.7. The van der Waals surface area contributed by atoms with Crippen molar-refractivity contribution in [1.29, 1.82) is 0 Å². The van der Waals surface area contributed by atoms with Crippen LogP contribution in [0.3, 0.4) is 0 Å². The Morgan fingerprint density at radius 3 is 2.62 bits per heavy atom. The van der Waals surface area contributed by atoms with Gasteiger partial charge in [-0.3, -0.25) is 9.59 Å². The van der Waals surface area contributed by atoms with Crippen LogP contribution in [0.1, 0.15) is 60.6 Å². The first-order valence-corrected chi connectivity index (χ1v) is 8.39. The Bertz CT molecular complexity index is 791. The van der Waals surface area contributed by atoms with Crippen molar-refractivity contribution in [1.82, 2.24) is 20.4 Å². The summed E-state index contributed by atoms with van der Waals surface area (Å²) < 4.78 is 5.12. The monoisotopic (exact) mass is 350 g/mol. The SMILES string of the molecule is Cc1nc(C2(NC(=O)c3c[nH]c(=O)c(Cl)c3)CCCCCC2)no1. The third kappa shape index (κ3) is 3.36. The van der Waals surface area contributed by atoms with Crippen molar-refractivity contribution in [2.45, 2.75) is 51.0 Å². The number of hydrogen-bond acceptors (Lipinski definition) is 5. The van der Waals surface area contributed by atoms with Gasteiger partial charge >= 0.3 is 0 Å².